The van der Waals surface area contributed by atoms with Gasteiger partial charge in [0.1, 0.15) is 0 Å². The Kier molecular flexibility index (Phi) is 6.53. The summed E-state index contributed by atoms with van der Waals surface area (Å²) in [6.07, 6.45) is 0.866. The molecule has 0 unspecified atom stereocenters. The van der Waals surface area contributed by atoms with Gasteiger partial charge in [-0.15, -0.1) is 11.3 Å². The quantitative estimate of drug-likeness (QED) is 0.584. The second kappa shape index (κ2) is 8.25. The minimum Gasteiger partial charge on any atom is -0.394 e. The highest BCUT2D eigenvalue weighted by molar-refractivity contribution is 7.09. The van der Waals surface area contributed by atoms with Gasteiger partial charge in [-0.1, -0.05) is 0 Å². The van der Waals surface area contributed by atoms with Gasteiger partial charge in [-0.2, -0.15) is 0 Å². The third kappa shape index (κ3) is 5.76. The maximum Gasteiger partial charge on any atom is 0.226 e. The second-order valence-electron chi connectivity index (χ2n) is 7.32. The fourth-order valence-corrected chi connectivity index (χ4v) is 3.55. The molecule has 1 fully saturated rings. The molecular weight excluding hydrogens is 342 g/mol. The van der Waals surface area contributed by atoms with Gasteiger partial charge in [-0.3, -0.25) is 9.59 Å². The first-order valence-electron chi connectivity index (χ1n) is 8.51. The molecule has 1 heterocycles. The van der Waals surface area contributed by atoms with Gasteiger partial charge in [0, 0.05) is 11.3 Å². The number of aryl methyl sites for hydroxylation is 1. The Bertz CT molecular complexity index is 617. The molecule has 140 valence electrons. The van der Waals surface area contributed by atoms with Crippen molar-refractivity contribution in [3.63, 3.8) is 0 Å². The van der Waals surface area contributed by atoms with Crippen molar-refractivity contribution < 1.29 is 19.8 Å². The lowest BCUT2D eigenvalue weighted by atomic mass is 9.83. The Hall–Kier alpha value is -1.51. The van der Waals surface area contributed by atoms with Gasteiger partial charge in [0.25, 0.3) is 0 Å². The van der Waals surface area contributed by atoms with Crippen molar-refractivity contribution in [2.75, 3.05) is 6.61 Å². The summed E-state index contributed by atoms with van der Waals surface area (Å²) >= 11 is 1.50. The summed E-state index contributed by atoms with van der Waals surface area (Å²) in [7, 11) is 0. The lowest BCUT2D eigenvalue weighted by molar-refractivity contribution is -0.130. The summed E-state index contributed by atoms with van der Waals surface area (Å²) < 4.78 is 0. The van der Waals surface area contributed by atoms with Crippen molar-refractivity contribution in [2.24, 2.45) is 5.92 Å². The van der Waals surface area contributed by atoms with Gasteiger partial charge in [0.15, 0.2) is 0 Å². The molecule has 0 aromatic carbocycles. The molecule has 3 atom stereocenters. The summed E-state index contributed by atoms with van der Waals surface area (Å²) in [5.41, 5.74) is 0.0486. The van der Waals surface area contributed by atoms with E-state index in [-0.39, 0.29) is 36.8 Å². The SMILES string of the molecule is Cc1nc(CC(=O)N[C@@H]2CC[C@H](C(=O)NC(C)(C)CO)C[C@H]2O)cs1. The van der Waals surface area contributed by atoms with Crippen LogP contribution in [0.4, 0.5) is 0 Å². The first-order valence-corrected chi connectivity index (χ1v) is 9.39. The molecule has 0 aliphatic heterocycles. The number of aliphatic hydroxyl groups is 2. The van der Waals surface area contributed by atoms with Gasteiger partial charge < -0.3 is 20.8 Å². The first-order chi connectivity index (χ1) is 11.7. The molecular formula is C17H27N3O4S. The third-order valence-electron chi connectivity index (χ3n) is 4.40. The number of amides is 2. The molecule has 7 nitrogen and oxygen atoms in total. The van der Waals surface area contributed by atoms with E-state index in [0.717, 1.165) is 10.7 Å². The van der Waals surface area contributed by atoms with Gasteiger partial charge in [0.05, 0.1) is 41.4 Å². The van der Waals surface area contributed by atoms with Gasteiger partial charge >= 0.3 is 0 Å². The van der Waals surface area contributed by atoms with E-state index in [1.807, 2.05) is 12.3 Å². The topological polar surface area (TPSA) is 112 Å². The molecule has 1 aromatic rings. The maximum absolute atomic E-state index is 12.3. The van der Waals surface area contributed by atoms with E-state index >= 15 is 0 Å². The average molecular weight is 369 g/mol. The Labute approximate surface area is 151 Å². The van der Waals surface area contributed by atoms with Crippen LogP contribution in [-0.2, 0) is 16.0 Å². The molecule has 25 heavy (non-hydrogen) atoms. The van der Waals surface area contributed by atoms with Crippen LogP contribution in [0.1, 0.15) is 43.8 Å². The number of nitrogens with one attached hydrogen (secondary N) is 2. The van der Waals surface area contributed by atoms with E-state index in [0.29, 0.717) is 19.3 Å². The molecule has 0 spiro atoms. The molecule has 2 amide bonds. The summed E-state index contributed by atoms with van der Waals surface area (Å²) in [5, 5.41) is 28.0. The highest BCUT2D eigenvalue weighted by atomic mass is 32.1. The molecule has 0 radical (unpaired) electrons. The zero-order valence-electron chi connectivity index (χ0n) is 14.9. The molecule has 1 aromatic heterocycles. The van der Waals surface area contributed by atoms with E-state index in [1.165, 1.54) is 11.3 Å². The van der Waals surface area contributed by atoms with Gasteiger partial charge in [0.2, 0.25) is 11.8 Å². The minimum atomic E-state index is -0.761. The lowest BCUT2D eigenvalue weighted by Crippen LogP contribution is -2.53. The van der Waals surface area contributed by atoms with E-state index < -0.39 is 11.6 Å². The smallest absolute Gasteiger partial charge is 0.226 e. The van der Waals surface area contributed by atoms with Crippen LogP contribution in [-0.4, -0.2) is 51.3 Å². The molecule has 4 N–H and O–H groups in total. The number of carbonyl (C=O) groups excluding carboxylic acids is 2. The number of aromatic nitrogens is 1. The Balaban J connectivity index is 1.82. The molecule has 0 bridgehead atoms. The predicted molar refractivity (Wildman–Crippen MR) is 95.1 cm³/mol. The maximum atomic E-state index is 12.3. The number of thiazole rings is 1. The van der Waals surface area contributed by atoms with Crippen molar-refractivity contribution in [3.8, 4) is 0 Å². The summed E-state index contributed by atoms with van der Waals surface area (Å²) in [6.45, 7) is 5.23. The lowest BCUT2D eigenvalue weighted by Gasteiger charge is -2.34. The van der Waals surface area contributed by atoms with Crippen LogP contribution in [0.5, 0.6) is 0 Å². The molecule has 2 rings (SSSR count). The average Bonchev–Trinajstić information content (AvgIpc) is 2.93. The second-order valence-corrected chi connectivity index (χ2v) is 8.38. The van der Waals surface area contributed by atoms with Crippen LogP contribution < -0.4 is 10.6 Å². The van der Waals surface area contributed by atoms with Crippen LogP contribution in [0.25, 0.3) is 0 Å². The molecule has 8 heteroatoms. The largest absolute Gasteiger partial charge is 0.394 e. The van der Waals surface area contributed by atoms with Crippen LogP contribution in [0, 0.1) is 12.8 Å². The number of hydrogen-bond acceptors (Lipinski definition) is 6. The predicted octanol–water partition coefficient (Wildman–Crippen LogP) is 0.527. The molecule has 0 saturated heterocycles. The van der Waals surface area contributed by atoms with Crippen molar-refractivity contribution in [1.82, 2.24) is 15.6 Å². The Morgan fingerprint density at radius 1 is 1.40 bits per heavy atom. The Morgan fingerprint density at radius 2 is 2.12 bits per heavy atom. The minimum absolute atomic E-state index is 0.150. The number of rotatable bonds is 6. The van der Waals surface area contributed by atoms with Crippen LogP contribution in [0.15, 0.2) is 5.38 Å². The van der Waals surface area contributed by atoms with Crippen molar-refractivity contribution >= 4 is 23.2 Å². The fourth-order valence-electron chi connectivity index (χ4n) is 2.94. The van der Waals surface area contributed by atoms with Crippen molar-refractivity contribution in [1.29, 1.82) is 0 Å². The zero-order valence-corrected chi connectivity index (χ0v) is 15.7. The number of hydrogen-bond donors (Lipinski definition) is 4. The van der Waals surface area contributed by atoms with E-state index in [2.05, 4.69) is 15.6 Å². The van der Waals surface area contributed by atoms with Crippen LogP contribution >= 0.6 is 11.3 Å². The van der Waals surface area contributed by atoms with Crippen molar-refractivity contribution in [3.05, 3.63) is 16.1 Å². The van der Waals surface area contributed by atoms with Gasteiger partial charge in [-0.25, -0.2) is 4.98 Å². The van der Waals surface area contributed by atoms with E-state index in [4.69, 9.17) is 0 Å². The zero-order chi connectivity index (χ0) is 18.6. The van der Waals surface area contributed by atoms with Crippen LogP contribution in [0.2, 0.25) is 0 Å². The normalized spacial score (nSPS) is 24.0. The first kappa shape index (κ1) is 19.8. The number of nitrogens with zero attached hydrogens (tertiary/aromatic N) is 1. The standard InChI is InChI=1S/C17H27N3O4S/c1-10-18-12(8-25-10)7-15(23)19-13-5-4-11(6-14(13)22)16(24)20-17(2,3)9-21/h8,11,13-14,21-22H,4-7,9H2,1-3H3,(H,19,23)(H,20,24)/t11-,13+,14+/m0/s1. The van der Waals surface area contributed by atoms with Crippen LogP contribution in [0.3, 0.4) is 0 Å². The highest BCUT2D eigenvalue weighted by Crippen LogP contribution is 2.26. The number of aliphatic hydroxyl groups excluding tert-OH is 2. The fraction of sp³-hybridized carbons (Fsp3) is 0.706. The molecule has 1 aliphatic carbocycles. The third-order valence-corrected chi connectivity index (χ3v) is 5.22. The van der Waals surface area contributed by atoms with E-state index in [1.54, 1.807) is 13.8 Å². The van der Waals surface area contributed by atoms with Crippen molar-refractivity contribution in [2.45, 2.75) is 64.1 Å². The number of carbonyl (C=O) groups is 2. The summed E-state index contributed by atoms with van der Waals surface area (Å²) in [6, 6.07) is -0.345. The monoisotopic (exact) mass is 369 g/mol. The summed E-state index contributed by atoms with van der Waals surface area (Å²) in [5.74, 6) is -0.644. The van der Waals surface area contributed by atoms with Gasteiger partial charge in [-0.05, 0) is 40.0 Å². The highest BCUT2D eigenvalue weighted by Gasteiger charge is 2.35. The van der Waals surface area contributed by atoms with E-state index in [9.17, 15) is 19.8 Å². The Morgan fingerprint density at radius 3 is 2.68 bits per heavy atom. The molecule has 1 saturated carbocycles. The summed E-state index contributed by atoms with van der Waals surface area (Å²) in [4.78, 5) is 28.6. The molecule has 1 aliphatic rings.